The molecule has 1 aromatic rings. The number of nitrogen functional groups attached to an aromatic ring is 1. The number of rotatable bonds is 0. The molecule has 54 valence electrons. The van der Waals surface area contributed by atoms with Gasteiger partial charge in [0.25, 0.3) is 0 Å². The SMILES string of the molecule is NC=S.Nc1ccccc1. The highest BCUT2D eigenvalue weighted by Crippen LogP contribution is 1.95. The summed E-state index contributed by atoms with van der Waals surface area (Å²) in [6, 6.07) is 9.49. The molecule has 0 bridgehead atoms. The van der Waals surface area contributed by atoms with Crippen LogP contribution in [0.1, 0.15) is 0 Å². The highest BCUT2D eigenvalue weighted by molar-refractivity contribution is 7.78. The van der Waals surface area contributed by atoms with E-state index in [1.807, 2.05) is 30.3 Å². The molecule has 0 saturated carbocycles. The van der Waals surface area contributed by atoms with Gasteiger partial charge in [0.05, 0.1) is 5.49 Å². The Morgan fingerprint density at radius 3 is 1.80 bits per heavy atom. The van der Waals surface area contributed by atoms with E-state index in [9.17, 15) is 0 Å². The minimum absolute atomic E-state index is 0.822. The van der Waals surface area contributed by atoms with E-state index in [4.69, 9.17) is 5.73 Å². The van der Waals surface area contributed by atoms with E-state index in [-0.39, 0.29) is 0 Å². The standard InChI is InChI=1S/C6H7N.CH3NS/c7-6-4-2-1-3-5-6;2-1-3/h1-5H,7H2;1H,(H2,2,3). The van der Waals surface area contributed by atoms with Crippen molar-refractivity contribution in [2.75, 3.05) is 5.73 Å². The van der Waals surface area contributed by atoms with Gasteiger partial charge < -0.3 is 11.5 Å². The minimum Gasteiger partial charge on any atom is -0.399 e. The molecule has 0 radical (unpaired) electrons. The average molecular weight is 154 g/mol. The van der Waals surface area contributed by atoms with Crippen LogP contribution in [0, 0.1) is 0 Å². The van der Waals surface area contributed by atoms with Crippen LogP contribution >= 0.6 is 12.2 Å². The van der Waals surface area contributed by atoms with Crippen LogP contribution in [0.3, 0.4) is 0 Å². The van der Waals surface area contributed by atoms with E-state index in [1.165, 1.54) is 0 Å². The average Bonchev–Trinajstić information content (AvgIpc) is 1.91. The third kappa shape index (κ3) is 5.05. The van der Waals surface area contributed by atoms with Crippen LogP contribution in [-0.4, -0.2) is 5.49 Å². The lowest BCUT2D eigenvalue weighted by molar-refractivity contribution is 1.69. The number of nitrogens with two attached hydrogens (primary N) is 2. The third-order valence-corrected chi connectivity index (χ3v) is 0.800. The molecule has 1 aromatic carbocycles. The fourth-order valence-corrected chi connectivity index (χ4v) is 0.453. The van der Waals surface area contributed by atoms with Crippen molar-refractivity contribution in [2.24, 2.45) is 5.73 Å². The maximum Gasteiger partial charge on any atom is 0.0588 e. The largest absolute Gasteiger partial charge is 0.399 e. The molecule has 0 aromatic heterocycles. The smallest absolute Gasteiger partial charge is 0.0588 e. The maximum atomic E-state index is 5.36. The van der Waals surface area contributed by atoms with Gasteiger partial charge in [0.2, 0.25) is 0 Å². The molecule has 2 nitrogen and oxygen atoms in total. The highest BCUT2D eigenvalue weighted by Gasteiger charge is 1.72. The van der Waals surface area contributed by atoms with Crippen LogP contribution in [0.4, 0.5) is 5.69 Å². The van der Waals surface area contributed by atoms with Crippen LogP contribution in [0.15, 0.2) is 30.3 Å². The molecule has 0 fully saturated rings. The van der Waals surface area contributed by atoms with Gasteiger partial charge in [-0.25, -0.2) is 0 Å². The van der Waals surface area contributed by atoms with Crippen molar-refractivity contribution < 1.29 is 0 Å². The van der Waals surface area contributed by atoms with Crippen molar-refractivity contribution in [3.63, 3.8) is 0 Å². The molecule has 3 heteroatoms. The van der Waals surface area contributed by atoms with Gasteiger partial charge in [-0.3, -0.25) is 0 Å². The summed E-state index contributed by atoms with van der Waals surface area (Å²) in [5.74, 6) is 0. The predicted molar refractivity (Wildman–Crippen MR) is 48.7 cm³/mol. The van der Waals surface area contributed by atoms with Gasteiger partial charge in [0, 0.05) is 5.69 Å². The van der Waals surface area contributed by atoms with Crippen molar-refractivity contribution >= 4 is 23.4 Å². The lowest BCUT2D eigenvalue weighted by Crippen LogP contribution is -1.79. The second-order valence-corrected chi connectivity index (χ2v) is 1.82. The highest BCUT2D eigenvalue weighted by atomic mass is 32.1. The van der Waals surface area contributed by atoms with Crippen molar-refractivity contribution in [3.05, 3.63) is 30.3 Å². The molecule has 0 aliphatic rings. The number of thiocarbonyl (C=S) groups is 1. The predicted octanol–water partition coefficient (Wildman–Crippen LogP) is 1.17. The molecule has 0 aliphatic carbocycles. The van der Waals surface area contributed by atoms with Crippen molar-refractivity contribution in [1.82, 2.24) is 0 Å². The van der Waals surface area contributed by atoms with Gasteiger partial charge in [-0.15, -0.1) is 0 Å². The first-order valence-electron chi connectivity index (χ1n) is 2.77. The molecule has 1 rings (SSSR count). The lowest BCUT2D eigenvalue weighted by Gasteiger charge is -1.83. The number of anilines is 1. The van der Waals surface area contributed by atoms with Gasteiger partial charge in [0.1, 0.15) is 0 Å². The number of para-hydroxylation sites is 1. The summed E-state index contributed by atoms with van der Waals surface area (Å²) >= 11 is 4.05. The molecule has 0 atom stereocenters. The molecule has 0 aliphatic heterocycles. The number of hydrogen-bond donors (Lipinski definition) is 2. The topological polar surface area (TPSA) is 52.0 Å². The van der Waals surface area contributed by atoms with E-state index in [0.717, 1.165) is 11.2 Å². The molecule has 10 heavy (non-hydrogen) atoms. The first kappa shape index (κ1) is 8.91. The Balaban J connectivity index is 0.000000236. The minimum atomic E-state index is 0.822. The molecule has 0 unspecified atom stereocenters. The van der Waals surface area contributed by atoms with E-state index in [2.05, 4.69) is 18.0 Å². The first-order chi connectivity index (χ1) is 4.81. The van der Waals surface area contributed by atoms with E-state index in [0.29, 0.717) is 0 Å². The van der Waals surface area contributed by atoms with E-state index in [1.54, 1.807) is 0 Å². The molecule has 0 amide bonds. The third-order valence-electron chi connectivity index (χ3n) is 0.800. The van der Waals surface area contributed by atoms with Gasteiger partial charge in [-0.1, -0.05) is 30.4 Å². The van der Waals surface area contributed by atoms with Crippen LogP contribution in [0.25, 0.3) is 0 Å². The van der Waals surface area contributed by atoms with Crippen LogP contribution in [0.5, 0.6) is 0 Å². The number of benzene rings is 1. The van der Waals surface area contributed by atoms with Gasteiger partial charge in [0.15, 0.2) is 0 Å². The Morgan fingerprint density at radius 1 is 1.20 bits per heavy atom. The Kier molecular flexibility index (Phi) is 5.38. The summed E-state index contributed by atoms with van der Waals surface area (Å²) in [7, 11) is 0. The van der Waals surface area contributed by atoms with Gasteiger partial charge >= 0.3 is 0 Å². The quantitative estimate of drug-likeness (QED) is 0.435. The van der Waals surface area contributed by atoms with Crippen LogP contribution < -0.4 is 11.5 Å². The zero-order chi connectivity index (χ0) is 7.82. The monoisotopic (exact) mass is 154 g/mol. The summed E-state index contributed by atoms with van der Waals surface area (Å²) in [6.45, 7) is 0. The summed E-state index contributed by atoms with van der Waals surface area (Å²) in [5, 5.41) is 0. The lowest BCUT2D eigenvalue weighted by atomic mass is 10.3. The van der Waals surface area contributed by atoms with Crippen LogP contribution in [-0.2, 0) is 0 Å². The molecular formula is C7H10N2S. The Hall–Kier alpha value is -1.09. The normalized spacial score (nSPS) is 7.20. The van der Waals surface area contributed by atoms with Gasteiger partial charge in [-0.2, -0.15) is 0 Å². The molecular weight excluding hydrogens is 144 g/mol. The fraction of sp³-hybridized carbons (Fsp3) is 0. The zero-order valence-electron chi connectivity index (χ0n) is 5.53. The second-order valence-electron chi connectivity index (χ2n) is 1.55. The summed E-state index contributed by atoms with van der Waals surface area (Å²) in [5.41, 5.74) is 11.8. The summed E-state index contributed by atoms with van der Waals surface area (Å²) in [4.78, 5) is 0. The maximum absolute atomic E-state index is 5.36. The fourth-order valence-electron chi connectivity index (χ4n) is 0.453. The summed E-state index contributed by atoms with van der Waals surface area (Å²) < 4.78 is 0. The molecule has 0 saturated heterocycles. The van der Waals surface area contributed by atoms with Crippen LogP contribution in [0.2, 0.25) is 0 Å². The van der Waals surface area contributed by atoms with Gasteiger partial charge in [-0.05, 0) is 12.1 Å². The zero-order valence-corrected chi connectivity index (χ0v) is 6.34. The van der Waals surface area contributed by atoms with E-state index < -0.39 is 0 Å². The second kappa shape index (κ2) is 6.04. The van der Waals surface area contributed by atoms with Crippen molar-refractivity contribution in [3.8, 4) is 0 Å². The molecule has 4 N–H and O–H groups in total. The molecule has 0 heterocycles. The summed E-state index contributed by atoms with van der Waals surface area (Å²) in [6.07, 6.45) is 0. The van der Waals surface area contributed by atoms with Crippen molar-refractivity contribution in [2.45, 2.75) is 0 Å². The Labute approximate surface area is 65.8 Å². The Bertz CT molecular complexity index is 174. The number of hydrogen-bond acceptors (Lipinski definition) is 2. The first-order valence-corrected chi connectivity index (χ1v) is 3.24. The van der Waals surface area contributed by atoms with Crippen molar-refractivity contribution in [1.29, 1.82) is 0 Å². The Morgan fingerprint density at radius 2 is 1.60 bits per heavy atom. The van der Waals surface area contributed by atoms with E-state index >= 15 is 0 Å². The molecule has 0 spiro atoms.